The van der Waals surface area contributed by atoms with Crippen LogP contribution in [0.3, 0.4) is 0 Å². The first-order valence-corrected chi connectivity index (χ1v) is 6.06. The van der Waals surface area contributed by atoms with Gasteiger partial charge in [0.1, 0.15) is 6.10 Å². The van der Waals surface area contributed by atoms with Crippen LogP contribution in [0.2, 0.25) is 0 Å². The van der Waals surface area contributed by atoms with Crippen LogP contribution in [0.1, 0.15) is 6.42 Å². The number of thioether (sulfide) groups is 1. The molecule has 3 heteroatoms. The summed E-state index contributed by atoms with van der Waals surface area (Å²) in [7, 11) is 0. The zero-order valence-corrected chi connectivity index (χ0v) is 8.09. The predicted molar refractivity (Wildman–Crippen MR) is 52.8 cm³/mol. The van der Waals surface area contributed by atoms with Crippen molar-refractivity contribution in [3.05, 3.63) is 12.2 Å². The maximum Gasteiger partial charge on any atom is 0.146 e. The number of oxime groups is 1. The van der Waals surface area contributed by atoms with E-state index in [1.54, 1.807) is 0 Å². The summed E-state index contributed by atoms with van der Waals surface area (Å²) in [5, 5.41) is 4.27. The molecule has 2 fully saturated rings. The molecule has 4 unspecified atom stereocenters. The van der Waals surface area contributed by atoms with Crippen LogP contribution < -0.4 is 0 Å². The Labute approximate surface area is 81.4 Å². The largest absolute Gasteiger partial charge is 0.391 e. The molecule has 0 aromatic heterocycles. The third kappa shape index (κ3) is 0.583. The van der Waals surface area contributed by atoms with Gasteiger partial charge in [-0.15, -0.1) is 0 Å². The van der Waals surface area contributed by atoms with Crippen LogP contribution in [0.25, 0.3) is 0 Å². The maximum atomic E-state index is 5.59. The van der Waals surface area contributed by atoms with Gasteiger partial charge in [-0.2, -0.15) is 11.8 Å². The summed E-state index contributed by atoms with van der Waals surface area (Å²) in [6.45, 7) is 0. The first-order chi connectivity index (χ1) is 6.41. The van der Waals surface area contributed by atoms with Gasteiger partial charge in [-0.3, -0.25) is 0 Å². The number of hydrogen-bond acceptors (Lipinski definition) is 3. The number of nitrogens with zero attached hydrogens (tertiary/aromatic N) is 1. The molecule has 2 bridgehead atoms. The van der Waals surface area contributed by atoms with Gasteiger partial charge in [0.15, 0.2) is 0 Å². The second-order valence-corrected chi connectivity index (χ2v) is 5.47. The first-order valence-electron chi connectivity index (χ1n) is 4.90. The van der Waals surface area contributed by atoms with Crippen LogP contribution in [0.15, 0.2) is 17.3 Å². The van der Waals surface area contributed by atoms with E-state index in [1.165, 1.54) is 17.9 Å². The standard InChI is InChI=1S/C10H11NOS/c1-2-7-3-6(1)9-10(7)5-13-4-8(10)11-12-9/h1-2,6-7,9H,3-5H2. The van der Waals surface area contributed by atoms with Gasteiger partial charge in [0.25, 0.3) is 0 Å². The van der Waals surface area contributed by atoms with Crippen molar-refractivity contribution in [2.45, 2.75) is 12.5 Å². The summed E-state index contributed by atoms with van der Waals surface area (Å²) >= 11 is 2.03. The summed E-state index contributed by atoms with van der Waals surface area (Å²) in [5.74, 6) is 3.74. The Kier molecular flexibility index (Phi) is 1.05. The Morgan fingerprint density at radius 3 is 3.54 bits per heavy atom. The summed E-state index contributed by atoms with van der Waals surface area (Å²) in [6.07, 6.45) is 6.44. The van der Waals surface area contributed by atoms with Crippen LogP contribution >= 0.6 is 11.8 Å². The monoisotopic (exact) mass is 193 g/mol. The lowest BCUT2D eigenvalue weighted by Gasteiger charge is -2.30. The SMILES string of the molecule is C1=CC2CC1C1ON=C3CSCC321. The number of fused-ring (bicyclic) bond motifs is 3. The fourth-order valence-corrected chi connectivity index (χ4v) is 4.93. The highest BCUT2D eigenvalue weighted by molar-refractivity contribution is 8.00. The molecule has 1 saturated heterocycles. The minimum absolute atomic E-state index is 0.337. The van der Waals surface area contributed by atoms with E-state index in [0.29, 0.717) is 17.4 Å². The molecule has 2 nitrogen and oxygen atoms in total. The Balaban J connectivity index is 1.92. The van der Waals surface area contributed by atoms with Crippen molar-refractivity contribution in [2.24, 2.45) is 22.4 Å². The van der Waals surface area contributed by atoms with Crippen molar-refractivity contribution in [2.75, 3.05) is 11.5 Å². The van der Waals surface area contributed by atoms with Crippen LogP contribution in [-0.4, -0.2) is 23.3 Å². The van der Waals surface area contributed by atoms with E-state index >= 15 is 0 Å². The zero-order chi connectivity index (χ0) is 8.47. The highest BCUT2D eigenvalue weighted by Crippen LogP contribution is 2.60. The molecule has 0 aromatic rings. The van der Waals surface area contributed by atoms with E-state index in [0.717, 1.165) is 11.7 Å². The van der Waals surface area contributed by atoms with Gasteiger partial charge in [-0.1, -0.05) is 17.3 Å². The lowest BCUT2D eigenvalue weighted by atomic mass is 9.73. The summed E-state index contributed by atoms with van der Waals surface area (Å²) < 4.78 is 0. The van der Waals surface area contributed by atoms with Gasteiger partial charge in [0, 0.05) is 17.4 Å². The number of rotatable bonds is 0. The molecule has 4 rings (SSSR count). The van der Waals surface area contributed by atoms with Crippen molar-refractivity contribution in [1.82, 2.24) is 0 Å². The van der Waals surface area contributed by atoms with E-state index in [9.17, 15) is 0 Å². The van der Waals surface area contributed by atoms with Gasteiger partial charge >= 0.3 is 0 Å². The highest BCUT2D eigenvalue weighted by Gasteiger charge is 2.65. The summed E-state index contributed by atoms with van der Waals surface area (Å²) in [5.41, 5.74) is 1.68. The molecule has 0 amide bonds. The fourth-order valence-electron chi connectivity index (χ4n) is 3.43. The maximum absolute atomic E-state index is 5.59. The van der Waals surface area contributed by atoms with E-state index < -0.39 is 0 Å². The lowest BCUT2D eigenvalue weighted by molar-refractivity contribution is 0.0237. The second kappa shape index (κ2) is 1.97. The Hall–Kier alpha value is -0.440. The average Bonchev–Trinajstić information content (AvgIpc) is 2.78. The van der Waals surface area contributed by atoms with Crippen molar-refractivity contribution in [3.63, 3.8) is 0 Å². The van der Waals surface area contributed by atoms with Gasteiger partial charge in [-0.05, 0) is 12.3 Å². The van der Waals surface area contributed by atoms with Gasteiger partial charge in [-0.25, -0.2) is 0 Å². The molecule has 2 aliphatic carbocycles. The molecule has 4 atom stereocenters. The molecule has 0 N–H and O–H groups in total. The molecular weight excluding hydrogens is 182 g/mol. The quantitative estimate of drug-likeness (QED) is 0.546. The molecule has 4 aliphatic rings. The van der Waals surface area contributed by atoms with Crippen LogP contribution in [0.4, 0.5) is 0 Å². The average molecular weight is 193 g/mol. The van der Waals surface area contributed by atoms with E-state index in [-0.39, 0.29) is 0 Å². The molecule has 0 aromatic carbocycles. The first kappa shape index (κ1) is 6.93. The van der Waals surface area contributed by atoms with Crippen molar-refractivity contribution < 1.29 is 4.84 Å². The minimum Gasteiger partial charge on any atom is -0.391 e. The molecule has 68 valence electrons. The molecular formula is C10H11NOS. The normalized spacial score (nSPS) is 54.8. The third-order valence-electron chi connectivity index (χ3n) is 4.07. The molecule has 2 aliphatic heterocycles. The second-order valence-electron chi connectivity index (χ2n) is 4.49. The van der Waals surface area contributed by atoms with E-state index in [1.807, 2.05) is 11.8 Å². The van der Waals surface area contributed by atoms with Crippen LogP contribution in [-0.2, 0) is 4.84 Å². The lowest BCUT2D eigenvalue weighted by Crippen LogP contribution is -2.41. The number of hydrogen-bond donors (Lipinski definition) is 0. The molecule has 2 heterocycles. The molecule has 1 saturated carbocycles. The molecule has 13 heavy (non-hydrogen) atoms. The number of allylic oxidation sites excluding steroid dienone is 1. The summed E-state index contributed by atoms with van der Waals surface area (Å²) in [4.78, 5) is 5.59. The molecule has 0 radical (unpaired) electrons. The smallest absolute Gasteiger partial charge is 0.146 e. The van der Waals surface area contributed by atoms with Crippen LogP contribution in [0, 0.1) is 17.3 Å². The van der Waals surface area contributed by atoms with Gasteiger partial charge in [0.05, 0.1) is 11.1 Å². The Morgan fingerprint density at radius 1 is 1.54 bits per heavy atom. The summed E-state index contributed by atoms with van der Waals surface area (Å²) in [6, 6.07) is 0. The van der Waals surface area contributed by atoms with E-state index in [4.69, 9.17) is 4.84 Å². The Bertz CT molecular complexity index is 338. The third-order valence-corrected chi connectivity index (χ3v) is 5.23. The highest BCUT2D eigenvalue weighted by atomic mass is 32.2. The van der Waals surface area contributed by atoms with Crippen LogP contribution in [0.5, 0.6) is 0 Å². The van der Waals surface area contributed by atoms with E-state index in [2.05, 4.69) is 17.3 Å². The predicted octanol–water partition coefficient (Wildman–Crippen LogP) is 1.68. The molecule has 1 spiro atoms. The van der Waals surface area contributed by atoms with Crippen molar-refractivity contribution in [3.8, 4) is 0 Å². The van der Waals surface area contributed by atoms with Crippen molar-refractivity contribution in [1.29, 1.82) is 0 Å². The minimum atomic E-state index is 0.337. The van der Waals surface area contributed by atoms with Gasteiger partial charge < -0.3 is 4.84 Å². The van der Waals surface area contributed by atoms with Gasteiger partial charge in [0.2, 0.25) is 0 Å². The topological polar surface area (TPSA) is 21.6 Å². The Morgan fingerprint density at radius 2 is 2.54 bits per heavy atom. The zero-order valence-electron chi connectivity index (χ0n) is 7.27. The fraction of sp³-hybridized carbons (Fsp3) is 0.700. The van der Waals surface area contributed by atoms with Crippen molar-refractivity contribution >= 4 is 17.5 Å².